The maximum atomic E-state index is 11.9. The Labute approximate surface area is 82.2 Å². The average molecular weight is 209 g/mol. The molecule has 0 aliphatic rings. The summed E-state index contributed by atoms with van der Waals surface area (Å²) in [5.41, 5.74) is 0.0431. The van der Waals surface area contributed by atoms with Gasteiger partial charge in [0.05, 0.1) is 6.61 Å². The van der Waals surface area contributed by atoms with Gasteiger partial charge in [0.25, 0.3) is 11.3 Å². The van der Waals surface area contributed by atoms with Crippen molar-refractivity contribution in [3.8, 4) is 0 Å². The lowest BCUT2D eigenvalue weighted by molar-refractivity contribution is 0.269. The van der Waals surface area contributed by atoms with Crippen LogP contribution >= 0.6 is 12.2 Å². The molecular formula is C8H13F2NOS. The molecule has 0 aromatic carbocycles. The van der Waals surface area contributed by atoms with Crippen LogP contribution in [0, 0.1) is 0 Å². The van der Waals surface area contributed by atoms with Crippen LogP contribution in [0.2, 0.25) is 0 Å². The molecule has 0 saturated carbocycles. The molecule has 2 nitrogen and oxygen atoms in total. The van der Waals surface area contributed by atoms with Crippen molar-refractivity contribution < 1.29 is 13.5 Å². The second-order valence-corrected chi connectivity index (χ2v) is 3.15. The number of hydrogen-bond donors (Lipinski definition) is 0. The highest BCUT2D eigenvalue weighted by Gasteiger charge is 2.02. The van der Waals surface area contributed by atoms with E-state index in [9.17, 15) is 8.78 Å². The Morgan fingerprint density at radius 1 is 1.38 bits per heavy atom. The van der Waals surface area contributed by atoms with Gasteiger partial charge in [-0.1, -0.05) is 0 Å². The number of rotatable bonds is 3. The van der Waals surface area contributed by atoms with Crippen molar-refractivity contribution in [2.75, 3.05) is 20.7 Å². The Kier molecular flexibility index (Phi) is 5.53. The molecule has 76 valence electrons. The lowest BCUT2D eigenvalue weighted by Crippen LogP contribution is -2.22. The van der Waals surface area contributed by atoms with Crippen LogP contribution < -0.4 is 0 Å². The van der Waals surface area contributed by atoms with Gasteiger partial charge in [0, 0.05) is 20.5 Å². The van der Waals surface area contributed by atoms with Crippen LogP contribution in [0.3, 0.4) is 0 Å². The molecule has 0 unspecified atom stereocenters. The van der Waals surface area contributed by atoms with Crippen molar-refractivity contribution in [1.82, 2.24) is 4.90 Å². The second-order valence-electron chi connectivity index (χ2n) is 2.80. The van der Waals surface area contributed by atoms with Gasteiger partial charge in [-0.15, -0.1) is 0 Å². The van der Waals surface area contributed by atoms with Crippen LogP contribution in [0.5, 0.6) is 0 Å². The molecule has 0 aromatic heterocycles. The Morgan fingerprint density at radius 2 is 1.92 bits per heavy atom. The van der Waals surface area contributed by atoms with Crippen LogP contribution in [-0.2, 0) is 4.74 Å². The van der Waals surface area contributed by atoms with Gasteiger partial charge in [-0.05, 0) is 24.7 Å². The van der Waals surface area contributed by atoms with Gasteiger partial charge in [-0.3, -0.25) is 0 Å². The fraction of sp³-hybridized carbons (Fsp3) is 0.625. The van der Waals surface area contributed by atoms with Gasteiger partial charge in [0.1, 0.15) is 0 Å². The summed E-state index contributed by atoms with van der Waals surface area (Å²) in [5, 5.41) is 0.312. The highest BCUT2D eigenvalue weighted by molar-refractivity contribution is 7.80. The van der Waals surface area contributed by atoms with Crippen LogP contribution in [-0.4, -0.2) is 30.8 Å². The van der Waals surface area contributed by atoms with E-state index < -0.39 is 6.08 Å². The minimum Gasteiger partial charge on any atom is -0.471 e. The van der Waals surface area contributed by atoms with Crippen molar-refractivity contribution in [1.29, 1.82) is 0 Å². The van der Waals surface area contributed by atoms with E-state index in [2.05, 4.69) is 0 Å². The standard InChI is InChI=1S/C8H13F2NOS/c1-6(7(9)10)4-5-12-8(13)11(2)3/h4-5H2,1-3H3. The predicted molar refractivity (Wildman–Crippen MR) is 51.8 cm³/mol. The number of ether oxygens (including phenoxy) is 1. The zero-order valence-corrected chi connectivity index (χ0v) is 8.75. The summed E-state index contributed by atoms with van der Waals surface area (Å²) in [6.07, 6.45) is -1.43. The van der Waals surface area contributed by atoms with Gasteiger partial charge in [0.2, 0.25) is 0 Å². The molecule has 5 heteroatoms. The highest BCUT2D eigenvalue weighted by Crippen LogP contribution is 2.10. The first-order chi connectivity index (χ1) is 5.95. The third kappa shape index (κ3) is 5.52. The second kappa shape index (κ2) is 5.85. The summed E-state index contributed by atoms with van der Waals surface area (Å²) in [7, 11) is 3.47. The molecule has 0 rings (SSSR count). The molecule has 0 atom stereocenters. The van der Waals surface area contributed by atoms with E-state index in [1.165, 1.54) is 6.92 Å². The molecule has 0 heterocycles. The number of thiocarbonyl (C=S) groups is 1. The Balaban J connectivity index is 3.70. The summed E-state index contributed by atoms with van der Waals surface area (Å²) in [6.45, 7) is 1.57. The highest BCUT2D eigenvalue weighted by atomic mass is 32.1. The van der Waals surface area contributed by atoms with E-state index in [4.69, 9.17) is 17.0 Å². The van der Waals surface area contributed by atoms with Crippen LogP contribution in [0.25, 0.3) is 0 Å². The van der Waals surface area contributed by atoms with Crippen LogP contribution in [0.15, 0.2) is 11.7 Å². The largest absolute Gasteiger partial charge is 0.471 e. The van der Waals surface area contributed by atoms with E-state index in [1.807, 2.05) is 0 Å². The lowest BCUT2D eigenvalue weighted by Gasteiger charge is -2.13. The first-order valence-electron chi connectivity index (χ1n) is 3.80. The van der Waals surface area contributed by atoms with E-state index in [-0.39, 0.29) is 18.6 Å². The zero-order chi connectivity index (χ0) is 10.4. The normalized spacial score (nSPS) is 9.31. The first-order valence-corrected chi connectivity index (χ1v) is 4.20. The van der Waals surface area contributed by atoms with Crippen LogP contribution in [0.4, 0.5) is 8.78 Å². The molecule has 0 saturated heterocycles. The van der Waals surface area contributed by atoms with E-state index in [0.717, 1.165) is 0 Å². The lowest BCUT2D eigenvalue weighted by atomic mass is 10.2. The summed E-state index contributed by atoms with van der Waals surface area (Å²) >= 11 is 4.80. The third-order valence-corrected chi connectivity index (χ3v) is 1.87. The first kappa shape index (κ1) is 12.3. The van der Waals surface area contributed by atoms with Crippen molar-refractivity contribution >= 4 is 17.4 Å². The molecule has 0 spiro atoms. The van der Waals surface area contributed by atoms with Crippen molar-refractivity contribution in [2.45, 2.75) is 13.3 Å². The van der Waals surface area contributed by atoms with E-state index in [0.29, 0.717) is 5.17 Å². The molecule has 0 bridgehead atoms. The maximum absolute atomic E-state index is 11.9. The zero-order valence-electron chi connectivity index (χ0n) is 7.93. The quantitative estimate of drug-likeness (QED) is 0.662. The molecule has 13 heavy (non-hydrogen) atoms. The number of hydrogen-bond acceptors (Lipinski definition) is 2. The molecule has 0 aliphatic carbocycles. The monoisotopic (exact) mass is 209 g/mol. The number of nitrogens with zero attached hydrogens (tertiary/aromatic N) is 1. The van der Waals surface area contributed by atoms with E-state index >= 15 is 0 Å². The third-order valence-electron chi connectivity index (χ3n) is 1.39. The summed E-state index contributed by atoms with van der Waals surface area (Å²) in [6, 6.07) is 0. The minimum absolute atomic E-state index is 0.0431. The van der Waals surface area contributed by atoms with Gasteiger partial charge in [-0.25, -0.2) is 0 Å². The Bertz CT molecular complexity index is 212. The molecule has 0 fully saturated rings. The van der Waals surface area contributed by atoms with Gasteiger partial charge in [-0.2, -0.15) is 8.78 Å². The van der Waals surface area contributed by atoms with E-state index in [1.54, 1.807) is 19.0 Å². The molecular weight excluding hydrogens is 196 g/mol. The van der Waals surface area contributed by atoms with Gasteiger partial charge < -0.3 is 9.64 Å². The molecule has 0 N–H and O–H groups in total. The van der Waals surface area contributed by atoms with Crippen LogP contribution in [0.1, 0.15) is 13.3 Å². The van der Waals surface area contributed by atoms with Crippen molar-refractivity contribution in [3.05, 3.63) is 11.7 Å². The topological polar surface area (TPSA) is 12.5 Å². The molecule has 0 amide bonds. The molecule has 0 radical (unpaired) electrons. The SMILES string of the molecule is CC(CCOC(=S)N(C)C)=C(F)F. The van der Waals surface area contributed by atoms with Crippen molar-refractivity contribution in [2.24, 2.45) is 0 Å². The predicted octanol–water partition coefficient (Wildman–Crippen LogP) is 2.41. The maximum Gasteiger partial charge on any atom is 0.269 e. The summed E-state index contributed by atoms with van der Waals surface area (Å²) < 4.78 is 28.8. The smallest absolute Gasteiger partial charge is 0.269 e. The fourth-order valence-electron chi connectivity index (χ4n) is 0.515. The van der Waals surface area contributed by atoms with Gasteiger partial charge in [0.15, 0.2) is 0 Å². The minimum atomic E-state index is -1.64. The Hall–Kier alpha value is -0.710. The summed E-state index contributed by atoms with van der Waals surface area (Å²) in [5.74, 6) is 0. The van der Waals surface area contributed by atoms with Crippen molar-refractivity contribution in [3.63, 3.8) is 0 Å². The summed E-state index contributed by atoms with van der Waals surface area (Å²) in [4.78, 5) is 1.61. The van der Waals surface area contributed by atoms with Gasteiger partial charge >= 0.3 is 0 Å². The number of halogens is 2. The fourth-order valence-corrected chi connectivity index (χ4v) is 0.598. The molecule has 0 aromatic rings. The molecule has 0 aliphatic heterocycles. The Morgan fingerprint density at radius 3 is 2.31 bits per heavy atom. The average Bonchev–Trinajstić information content (AvgIpc) is 2.03.